The number of halogens is 4. The number of carboxylic acids is 1. The van der Waals surface area contributed by atoms with Crippen LogP contribution < -0.4 is 5.32 Å². The van der Waals surface area contributed by atoms with Crippen molar-refractivity contribution in [2.75, 3.05) is 26.2 Å². The minimum Gasteiger partial charge on any atom is -0.481 e. The van der Waals surface area contributed by atoms with E-state index in [1.165, 1.54) is 78.1 Å². The van der Waals surface area contributed by atoms with E-state index in [9.17, 15) is 27.2 Å². The summed E-state index contributed by atoms with van der Waals surface area (Å²) in [5.41, 5.74) is 9.56. The molecule has 2 saturated heterocycles. The molecule has 0 radical (unpaired) electrons. The number of hydrogen-bond donors (Lipinski definition) is 2. The number of fused-ring (bicyclic) bond motifs is 4. The molecule has 344 valence electrons. The van der Waals surface area contributed by atoms with Crippen molar-refractivity contribution in [3.05, 3.63) is 226 Å². The fourth-order valence-electron chi connectivity index (χ4n) is 10.3. The summed E-state index contributed by atoms with van der Waals surface area (Å²) in [6, 6.07) is 42.0. The highest BCUT2D eigenvalue weighted by Crippen LogP contribution is 2.44. The van der Waals surface area contributed by atoms with E-state index in [-0.39, 0.29) is 52.8 Å². The average Bonchev–Trinajstić information content (AvgIpc) is 3.89. The first kappa shape index (κ1) is 46.9. The van der Waals surface area contributed by atoms with Gasteiger partial charge in [-0.15, -0.1) is 0 Å². The Kier molecular flexibility index (Phi) is 15.0. The van der Waals surface area contributed by atoms with Gasteiger partial charge in [0, 0.05) is 48.6 Å². The molecule has 10 rings (SSSR count). The monoisotopic (exact) mass is 904 g/mol. The van der Waals surface area contributed by atoms with Crippen LogP contribution in [0.25, 0.3) is 12.2 Å². The number of amides is 1. The summed E-state index contributed by atoms with van der Waals surface area (Å²) >= 11 is 0. The van der Waals surface area contributed by atoms with Crippen LogP contribution in [0.1, 0.15) is 108 Å². The third-order valence-electron chi connectivity index (χ3n) is 14.0. The maximum absolute atomic E-state index is 13.5. The highest BCUT2D eigenvalue weighted by Gasteiger charge is 2.39. The van der Waals surface area contributed by atoms with Gasteiger partial charge in [0.05, 0.1) is 0 Å². The zero-order valence-corrected chi connectivity index (χ0v) is 37.5. The number of likely N-dealkylation sites (tertiary alicyclic amines) is 1. The van der Waals surface area contributed by atoms with E-state index in [2.05, 4.69) is 78.2 Å². The Labute approximate surface area is 390 Å². The molecule has 0 saturated carbocycles. The number of aliphatic carboxylic acids is 1. The molecule has 2 aliphatic heterocycles. The van der Waals surface area contributed by atoms with Crippen molar-refractivity contribution in [2.45, 2.75) is 74.0 Å². The van der Waals surface area contributed by atoms with Crippen molar-refractivity contribution < 1.29 is 32.3 Å². The number of carbonyl (C=O) groups excluding carboxylic acids is 1. The first-order valence-corrected chi connectivity index (χ1v) is 23.3. The third kappa shape index (κ3) is 11.3. The van der Waals surface area contributed by atoms with E-state index in [1.807, 2.05) is 4.90 Å². The van der Waals surface area contributed by atoms with Gasteiger partial charge >= 0.3 is 5.97 Å². The van der Waals surface area contributed by atoms with Gasteiger partial charge in [0.2, 0.25) is 5.91 Å². The van der Waals surface area contributed by atoms with Crippen LogP contribution in [0.4, 0.5) is 17.6 Å². The summed E-state index contributed by atoms with van der Waals surface area (Å²) in [7, 11) is 0. The Morgan fingerprint density at radius 2 is 0.866 bits per heavy atom. The second-order valence-corrected chi connectivity index (χ2v) is 18.1. The first-order chi connectivity index (χ1) is 32.5. The lowest BCUT2D eigenvalue weighted by atomic mass is 9.74. The molecule has 2 spiro atoms. The molecule has 0 unspecified atom stereocenters. The van der Waals surface area contributed by atoms with Gasteiger partial charge in [-0.05, 0) is 145 Å². The van der Waals surface area contributed by atoms with Crippen molar-refractivity contribution in [2.24, 2.45) is 0 Å². The summed E-state index contributed by atoms with van der Waals surface area (Å²) in [4.78, 5) is 25.8. The highest BCUT2D eigenvalue weighted by atomic mass is 19.1. The second kappa shape index (κ2) is 21.4. The van der Waals surface area contributed by atoms with Gasteiger partial charge in [-0.3, -0.25) is 9.59 Å². The quantitative estimate of drug-likeness (QED) is 0.134. The van der Waals surface area contributed by atoms with Crippen LogP contribution in [0.5, 0.6) is 0 Å². The Bertz CT molecular complexity index is 2570. The summed E-state index contributed by atoms with van der Waals surface area (Å²) in [6.07, 6.45) is 15.0. The van der Waals surface area contributed by atoms with Gasteiger partial charge in [0.1, 0.15) is 23.3 Å². The molecule has 6 aromatic rings. The number of hydrogen-bond acceptors (Lipinski definition) is 3. The van der Waals surface area contributed by atoms with Crippen molar-refractivity contribution in [1.29, 1.82) is 0 Å². The van der Waals surface area contributed by atoms with Gasteiger partial charge in [-0.25, -0.2) is 17.6 Å². The molecular weight excluding hydrogens is 849 g/mol. The Morgan fingerprint density at radius 3 is 1.25 bits per heavy atom. The molecule has 4 aliphatic rings. The van der Waals surface area contributed by atoms with Gasteiger partial charge in [-0.2, -0.15) is 0 Å². The standard InChI is InChI=1S/C29H27F2NO.C16H14F2O2.C13H15N/c30-24-9-5-21(6-10-24)26(22-7-11-25(31)12-8-22)13-14-28(33)32-19-17-29(18-20-32)16-15-23-3-1-2-4-27(23)29;17-13-5-1-11(2-6-13)15(9-10-16(19)20)12-3-7-14(18)8-4-12;1-2-4-12-11(3-1)5-6-13(12)7-9-14-10-8-13/h1-12,15-16,26H,13-14,17-20H2;1-8,15H,9-10H2,(H,19,20);1-6,14H,7-10H2. The van der Waals surface area contributed by atoms with Crippen LogP contribution in [0, 0.1) is 23.3 Å². The number of nitrogens with one attached hydrogen (secondary N) is 1. The summed E-state index contributed by atoms with van der Waals surface area (Å²) in [5, 5.41) is 12.3. The van der Waals surface area contributed by atoms with Crippen molar-refractivity contribution in [3.8, 4) is 0 Å². The van der Waals surface area contributed by atoms with Crippen LogP contribution in [-0.4, -0.2) is 48.1 Å². The molecule has 5 nitrogen and oxygen atoms in total. The van der Waals surface area contributed by atoms with E-state index >= 15 is 0 Å². The van der Waals surface area contributed by atoms with Crippen LogP contribution >= 0.6 is 0 Å². The molecule has 67 heavy (non-hydrogen) atoms. The van der Waals surface area contributed by atoms with Crippen molar-refractivity contribution >= 4 is 24.0 Å². The molecule has 2 heterocycles. The predicted octanol–water partition coefficient (Wildman–Crippen LogP) is 12.8. The van der Waals surface area contributed by atoms with Gasteiger partial charge in [0.15, 0.2) is 0 Å². The molecule has 0 atom stereocenters. The van der Waals surface area contributed by atoms with E-state index in [4.69, 9.17) is 5.11 Å². The average molecular weight is 905 g/mol. The molecule has 2 aliphatic carbocycles. The number of carboxylic acid groups (broad SMARTS) is 1. The minimum atomic E-state index is -0.890. The minimum absolute atomic E-state index is 0.000576. The number of nitrogens with zero attached hydrogens (tertiary/aromatic N) is 1. The van der Waals surface area contributed by atoms with Crippen LogP contribution in [0.15, 0.2) is 158 Å². The summed E-state index contributed by atoms with van der Waals surface area (Å²) in [5.74, 6) is -2.29. The number of benzene rings is 6. The number of carbonyl (C=O) groups is 2. The number of piperidine rings is 2. The lowest BCUT2D eigenvalue weighted by Gasteiger charge is -2.39. The lowest BCUT2D eigenvalue weighted by molar-refractivity contribution is -0.137. The normalized spacial score (nSPS) is 16.0. The topological polar surface area (TPSA) is 69.6 Å². The maximum Gasteiger partial charge on any atom is 0.303 e. The molecule has 2 fully saturated rings. The van der Waals surface area contributed by atoms with Crippen LogP contribution in [0.3, 0.4) is 0 Å². The Balaban J connectivity index is 0.000000151. The molecule has 0 aromatic heterocycles. The third-order valence-corrected chi connectivity index (χ3v) is 14.0. The maximum atomic E-state index is 13.5. The van der Waals surface area contributed by atoms with Gasteiger partial charge in [0.25, 0.3) is 0 Å². The predicted molar refractivity (Wildman–Crippen MR) is 258 cm³/mol. The molecule has 0 bridgehead atoms. The Hall–Kier alpha value is -6.58. The van der Waals surface area contributed by atoms with Crippen LogP contribution in [-0.2, 0) is 20.4 Å². The SMILES string of the molecule is C1=CC2(CCNCC2)c2ccccc21.O=C(CCC(c1ccc(F)cc1)c1ccc(F)cc1)N1CCC2(C=Cc3ccccc32)CC1.O=C(O)CCC(c1ccc(F)cc1)c1ccc(F)cc1. The number of allylic oxidation sites excluding steroid dienone is 2. The largest absolute Gasteiger partial charge is 0.481 e. The molecule has 9 heteroatoms. The van der Waals surface area contributed by atoms with E-state index in [0.717, 1.165) is 61.3 Å². The summed E-state index contributed by atoms with van der Waals surface area (Å²) in [6.45, 7) is 3.79. The smallest absolute Gasteiger partial charge is 0.303 e. The van der Waals surface area contributed by atoms with Crippen molar-refractivity contribution in [3.63, 3.8) is 0 Å². The molecule has 1 amide bonds. The first-order valence-electron chi connectivity index (χ1n) is 23.3. The zero-order valence-electron chi connectivity index (χ0n) is 37.5. The highest BCUT2D eigenvalue weighted by molar-refractivity contribution is 5.77. The molecular formula is C58H56F4N2O3. The fraction of sp³-hybridized carbons (Fsp3) is 0.276. The van der Waals surface area contributed by atoms with Crippen LogP contribution in [0.2, 0.25) is 0 Å². The van der Waals surface area contributed by atoms with E-state index in [0.29, 0.717) is 24.7 Å². The van der Waals surface area contributed by atoms with Gasteiger partial charge in [-0.1, -0.05) is 121 Å². The van der Waals surface area contributed by atoms with E-state index in [1.54, 1.807) is 54.1 Å². The summed E-state index contributed by atoms with van der Waals surface area (Å²) < 4.78 is 52.9. The Morgan fingerprint density at radius 1 is 0.507 bits per heavy atom. The molecule has 6 aromatic carbocycles. The fourth-order valence-corrected chi connectivity index (χ4v) is 10.3. The van der Waals surface area contributed by atoms with Crippen molar-refractivity contribution in [1.82, 2.24) is 10.2 Å². The molecule has 2 N–H and O–H groups in total. The second-order valence-electron chi connectivity index (χ2n) is 18.1. The van der Waals surface area contributed by atoms with Gasteiger partial charge < -0.3 is 15.3 Å². The zero-order chi connectivity index (χ0) is 46.8. The lowest BCUT2D eigenvalue weighted by Crippen LogP contribution is -2.44. The van der Waals surface area contributed by atoms with E-state index < -0.39 is 5.97 Å². The number of rotatable bonds is 10.